The number of amides is 1. The Balaban J connectivity index is 2.50. The van der Waals surface area contributed by atoms with Gasteiger partial charge in [-0.1, -0.05) is 27.2 Å². The lowest BCUT2D eigenvalue weighted by Crippen LogP contribution is -2.61. The van der Waals surface area contributed by atoms with E-state index in [1.54, 1.807) is 0 Å². The molecule has 0 aliphatic heterocycles. The van der Waals surface area contributed by atoms with Crippen LogP contribution in [0.5, 0.6) is 0 Å². The summed E-state index contributed by atoms with van der Waals surface area (Å²) in [6.45, 7) is 5.80. The minimum absolute atomic E-state index is 0.0114. The molecule has 1 aliphatic carbocycles. The summed E-state index contributed by atoms with van der Waals surface area (Å²) in [6, 6.07) is 2.01. The second kappa shape index (κ2) is 4.84. The standard InChI is InChI=1S/C12H20N2O2/c1-4-5-8(7-13)11(16)14-9-6-10(15)12(9,2)3/h8-10,15H,4-6H2,1-3H3,(H,14,16). The van der Waals surface area contributed by atoms with E-state index in [1.165, 1.54) is 0 Å². The fraction of sp³-hybridized carbons (Fsp3) is 0.833. The molecule has 1 saturated carbocycles. The van der Waals surface area contributed by atoms with Gasteiger partial charge in [0.25, 0.3) is 0 Å². The molecule has 2 N–H and O–H groups in total. The zero-order valence-electron chi connectivity index (χ0n) is 10.2. The van der Waals surface area contributed by atoms with E-state index in [0.717, 1.165) is 6.42 Å². The van der Waals surface area contributed by atoms with Gasteiger partial charge in [-0.3, -0.25) is 4.79 Å². The number of hydrogen-bond donors (Lipinski definition) is 2. The molecule has 3 atom stereocenters. The van der Waals surface area contributed by atoms with Crippen molar-refractivity contribution < 1.29 is 9.90 Å². The molecule has 0 aromatic heterocycles. The zero-order chi connectivity index (χ0) is 12.3. The number of carbonyl (C=O) groups excluding carboxylic acids is 1. The van der Waals surface area contributed by atoms with Crippen molar-refractivity contribution in [3.8, 4) is 6.07 Å². The van der Waals surface area contributed by atoms with Gasteiger partial charge in [-0.25, -0.2) is 0 Å². The number of nitrogens with one attached hydrogen (secondary N) is 1. The Bertz CT molecular complexity index is 307. The van der Waals surface area contributed by atoms with Crippen molar-refractivity contribution in [3.05, 3.63) is 0 Å². The molecule has 4 heteroatoms. The first kappa shape index (κ1) is 13.0. The highest BCUT2D eigenvalue weighted by atomic mass is 16.3. The third-order valence-electron chi connectivity index (χ3n) is 3.58. The quantitative estimate of drug-likeness (QED) is 0.753. The van der Waals surface area contributed by atoms with E-state index >= 15 is 0 Å². The van der Waals surface area contributed by atoms with Gasteiger partial charge < -0.3 is 10.4 Å². The smallest absolute Gasteiger partial charge is 0.237 e. The van der Waals surface area contributed by atoms with Gasteiger partial charge in [-0.2, -0.15) is 5.26 Å². The van der Waals surface area contributed by atoms with Crippen LogP contribution in [0.25, 0.3) is 0 Å². The van der Waals surface area contributed by atoms with Crippen molar-refractivity contribution in [2.24, 2.45) is 11.3 Å². The van der Waals surface area contributed by atoms with Gasteiger partial charge in [0.15, 0.2) is 0 Å². The Morgan fingerprint density at radius 3 is 2.69 bits per heavy atom. The van der Waals surface area contributed by atoms with Crippen molar-refractivity contribution in [3.63, 3.8) is 0 Å². The first-order chi connectivity index (χ1) is 7.43. The second-order valence-corrected chi connectivity index (χ2v) is 5.10. The molecule has 16 heavy (non-hydrogen) atoms. The van der Waals surface area contributed by atoms with Crippen molar-refractivity contribution in [1.29, 1.82) is 5.26 Å². The van der Waals surface area contributed by atoms with E-state index in [-0.39, 0.29) is 23.5 Å². The van der Waals surface area contributed by atoms with Crippen LogP contribution in [0.1, 0.15) is 40.0 Å². The van der Waals surface area contributed by atoms with Crippen LogP contribution in [0, 0.1) is 22.7 Å². The van der Waals surface area contributed by atoms with Gasteiger partial charge in [0.05, 0.1) is 12.2 Å². The largest absolute Gasteiger partial charge is 0.392 e. The van der Waals surface area contributed by atoms with E-state index in [1.807, 2.05) is 26.8 Å². The summed E-state index contributed by atoms with van der Waals surface area (Å²) in [5, 5.41) is 21.2. The van der Waals surface area contributed by atoms with Gasteiger partial charge in [-0.15, -0.1) is 0 Å². The van der Waals surface area contributed by atoms with Crippen LogP contribution in [0.2, 0.25) is 0 Å². The lowest BCUT2D eigenvalue weighted by molar-refractivity contribution is -0.131. The molecule has 1 rings (SSSR count). The Morgan fingerprint density at radius 2 is 2.31 bits per heavy atom. The maximum atomic E-state index is 11.7. The van der Waals surface area contributed by atoms with Gasteiger partial charge in [0, 0.05) is 11.5 Å². The molecule has 0 heterocycles. The summed E-state index contributed by atoms with van der Waals surface area (Å²) >= 11 is 0. The average molecular weight is 224 g/mol. The maximum absolute atomic E-state index is 11.7. The molecule has 1 fully saturated rings. The first-order valence-corrected chi connectivity index (χ1v) is 5.81. The number of hydrogen-bond acceptors (Lipinski definition) is 3. The van der Waals surface area contributed by atoms with Crippen LogP contribution in [0.4, 0.5) is 0 Å². The minimum atomic E-state index is -0.557. The van der Waals surface area contributed by atoms with Crippen molar-refractivity contribution in [2.45, 2.75) is 52.2 Å². The predicted molar refractivity (Wildman–Crippen MR) is 60.3 cm³/mol. The van der Waals surface area contributed by atoms with E-state index in [2.05, 4.69) is 5.32 Å². The Morgan fingerprint density at radius 1 is 1.69 bits per heavy atom. The molecule has 1 amide bonds. The van der Waals surface area contributed by atoms with E-state index in [0.29, 0.717) is 12.8 Å². The van der Waals surface area contributed by atoms with Gasteiger partial charge in [0.1, 0.15) is 5.92 Å². The molecule has 0 aromatic carbocycles. The summed E-state index contributed by atoms with van der Waals surface area (Å²) in [6.07, 6.45) is 1.65. The molecule has 1 aliphatic rings. The Labute approximate surface area is 96.6 Å². The van der Waals surface area contributed by atoms with Crippen LogP contribution >= 0.6 is 0 Å². The van der Waals surface area contributed by atoms with Gasteiger partial charge in [0.2, 0.25) is 5.91 Å². The normalized spacial score (nSPS) is 28.7. The highest BCUT2D eigenvalue weighted by Gasteiger charge is 2.48. The summed E-state index contributed by atoms with van der Waals surface area (Å²) in [5.74, 6) is -0.757. The third-order valence-corrected chi connectivity index (χ3v) is 3.58. The molecule has 0 bridgehead atoms. The van der Waals surface area contributed by atoms with Crippen LogP contribution in [-0.4, -0.2) is 23.2 Å². The molecule has 0 radical (unpaired) electrons. The summed E-state index contributed by atoms with van der Waals surface area (Å²) in [5.41, 5.74) is -0.276. The van der Waals surface area contributed by atoms with Crippen LogP contribution in [0.3, 0.4) is 0 Å². The molecule has 0 saturated heterocycles. The minimum Gasteiger partial charge on any atom is -0.392 e. The van der Waals surface area contributed by atoms with Crippen molar-refractivity contribution >= 4 is 5.91 Å². The lowest BCUT2D eigenvalue weighted by atomic mass is 9.64. The molecular weight excluding hydrogens is 204 g/mol. The molecule has 4 nitrogen and oxygen atoms in total. The zero-order valence-corrected chi connectivity index (χ0v) is 10.2. The SMILES string of the molecule is CCCC(C#N)C(=O)NC1CC(O)C1(C)C. The fourth-order valence-corrected chi connectivity index (χ4v) is 1.96. The van der Waals surface area contributed by atoms with Gasteiger partial charge >= 0.3 is 0 Å². The van der Waals surface area contributed by atoms with E-state index in [9.17, 15) is 9.90 Å². The lowest BCUT2D eigenvalue weighted by Gasteiger charge is -2.49. The highest BCUT2D eigenvalue weighted by molar-refractivity contribution is 5.81. The number of carbonyl (C=O) groups is 1. The number of rotatable bonds is 4. The fourth-order valence-electron chi connectivity index (χ4n) is 1.96. The summed E-state index contributed by atoms with van der Waals surface area (Å²) in [4.78, 5) is 11.7. The van der Waals surface area contributed by atoms with Crippen molar-refractivity contribution in [1.82, 2.24) is 5.32 Å². The first-order valence-electron chi connectivity index (χ1n) is 5.81. The van der Waals surface area contributed by atoms with Crippen molar-refractivity contribution in [2.75, 3.05) is 0 Å². The van der Waals surface area contributed by atoms with Gasteiger partial charge in [-0.05, 0) is 12.8 Å². The molecular formula is C12H20N2O2. The molecule has 0 spiro atoms. The highest BCUT2D eigenvalue weighted by Crippen LogP contribution is 2.40. The third kappa shape index (κ3) is 2.35. The summed E-state index contributed by atoms with van der Waals surface area (Å²) in [7, 11) is 0. The molecule has 90 valence electrons. The van der Waals surface area contributed by atoms with Crippen LogP contribution in [-0.2, 0) is 4.79 Å². The Hall–Kier alpha value is -1.08. The van der Waals surface area contributed by atoms with E-state index in [4.69, 9.17) is 5.26 Å². The monoisotopic (exact) mass is 224 g/mol. The second-order valence-electron chi connectivity index (χ2n) is 5.10. The molecule has 3 unspecified atom stereocenters. The van der Waals surface area contributed by atoms with Crippen LogP contribution < -0.4 is 5.32 Å². The number of aliphatic hydroxyl groups is 1. The number of nitriles is 1. The average Bonchev–Trinajstić information content (AvgIpc) is 2.25. The topological polar surface area (TPSA) is 73.1 Å². The maximum Gasteiger partial charge on any atom is 0.237 e. The Kier molecular flexibility index (Phi) is 3.93. The van der Waals surface area contributed by atoms with E-state index < -0.39 is 5.92 Å². The number of aliphatic hydroxyl groups excluding tert-OH is 1. The number of nitrogens with zero attached hydrogens (tertiary/aromatic N) is 1. The predicted octanol–water partition coefficient (Wildman–Crippen LogP) is 1.20. The van der Waals surface area contributed by atoms with Crippen LogP contribution in [0.15, 0.2) is 0 Å². The molecule has 0 aromatic rings. The summed E-state index contributed by atoms with van der Waals surface area (Å²) < 4.78 is 0.